The number of nitriles is 1. The SMILES string of the molecule is Cc1ccc(S(=O)(=O)O[C@@H](C#N)C2=CC[C@]3(C)CCCC[C@H]3C2)cc1. The number of rotatable bonds is 4. The molecule has 0 aliphatic heterocycles. The summed E-state index contributed by atoms with van der Waals surface area (Å²) in [6, 6.07) is 8.54. The number of benzene rings is 1. The number of hydrogen-bond donors (Lipinski definition) is 0. The minimum atomic E-state index is -3.95. The average molecular weight is 359 g/mol. The van der Waals surface area contributed by atoms with Crippen LogP contribution in [0, 0.1) is 29.6 Å². The van der Waals surface area contributed by atoms with E-state index in [2.05, 4.69) is 6.92 Å². The van der Waals surface area contributed by atoms with Crippen LogP contribution in [0.2, 0.25) is 0 Å². The minimum Gasteiger partial charge on any atom is -0.243 e. The van der Waals surface area contributed by atoms with Gasteiger partial charge in [0.25, 0.3) is 10.1 Å². The van der Waals surface area contributed by atoms with Crippen LogP contribution in [-0.4, -0.2) is 14.5 Å². The Morgan fingerprint density at radius 3 is 2.68 bits per heavy atom. The van der Waals surface area contributed by atoms with E-state index in [0.717, 1.165) is 30.4 Å². The molecule has 0 spiro atoms. The molecular weight excluding hydrogens is 334 g/mol. The van der Waals surface area contributed by atoms with Crippen molar-refractivity contribution in [2.45, 2.75) is 63.4 Å². The highest BCUT2D eigenvalue weighted by Crippen LogP contribution is 2.50. The van der Waals surface area contributed by atoms with Gasteiger partial charge in [0.1, 0.15) is 6.07 Å². The van der Waals surface area contributed by atoms with Gasteiger partial charge in [-0.3, -0.25) is 0 Å². The molecule has 0 radical (unpaired) electrons. The number of allylic oxidation sites excluding steroid dienone is 1. The summed E-state index contributed by atoms with van der Waals surface area (Å²) in [5.74, 6) is 0.516. The Balaban J connectivity index is 1.79. The second-order valence-corrected chi connectivity index (χ2v) is 9.23. The maximum atomic E-state index is 12.5. The molecule has 1 fully saturated rings. The third kappa shape index (κ3) is 3.80. The molecule has 1 aromatic carbocycles. The van der Waals surface area contributed by atoms with Gasteiger partial charge in [-0.15, -0.1) is 0 Å². The van der Waals surface area contributed by atoms with Crippen molar-refractivity contribution in [3.63, 3.8) is 0 Å². The standard InChI is InChI=1S/C20H25NO3S/c1-15-6-8-18(9-7-15)25(22,23)24-19(14-21)16-10-12-20(2)11-4-3-5-17(20)13-16/h6-10,17,19H,3-5,11-13H2,1-2H3/t17-,19-,20-/m0/s1. The van der Waals surface area contributed by atoms with Gasteiger partial charge in [0, 0.05) is 0 Å². The molecule has 1 aromatic rings. The van der Waals surface area contributed by atoms with Gasteiger partial charge in [0.15, 0.2) is 6.10 Å². The Morgan fingerprint density at radius 1 is 1.28 bits per heavy atom. The van der Waals surface area contributed by atoms with Crippen LogP contribution in [0.1, 0.15) is 51.0 Å². The van der Waals surface area contributed by atoms with Crippen molar-refractivity contribution < 1.29 is 12.6 Å². The van der Waals surface area contributed by atoms with E-state index in [4.69, 9.17) is 4.18 Å². The molecule has 2 aliphatic rings. The fraction of sp³-hybridized carbons (Fsp3) is 0.550. The number of nitrogens with zero attached hydrogens (tertiary/aromatic N) is 1. The van der Waals surface area contributed by atoms with E-state index in [1.807, 2.05) is 19.1 Å². The second-order valence-electron chi connectivity index (χ2n) is 7.66. The summed E-state index contributed by atoms with van der Waals surface area (Å²) in [5.41, 5.74) is 2.09. The summed E-state index contributed by atoms with van der Waals surface area (Å²) in [7, 11) is -3.95. The lowest BCUT2D eigenvalue weighted by Gasteiger charge is -2.45. The first-order chi connectivity index (χ1) is 11.8. The van der Waals surface area contributed by atoms with E-state index >= 15 is 0 Å². The molecule has 0 saturated heterocycles. The van der Waals surface area contributed by atoms with Crippen molar-refractivity contribution >= 4 is 10.1 Å². The van der Waals surface area contributed by atoms with Gasteiger partial charge in [0.2, 0.25) is 0 Å². The van der Waals surface area contributed by atoms with Crippen molar-refractivity contribution in [1.82, 2.24) is 0 Å². The van der Waals surface area contributed by atoms with Gasteiger partial charge in [-0.2, -0.15) is 13.7 Å². The van der Waals surface area contributed by atoms with Crippen molar-refractivity contribution in [3.8, 4) is 6.07 Å². The van der Waals surface area contributed by atoms with Crippen molar-refractivity contribution in [1.29, 1.82) is 5.26 Å². The van der Waals surface area contributed by atoms with Crippen LogP contribution >= 0.6 is 0 Å². The van der Waals surface area contributed by atoms with E-state index < -0.39 is 16.2 Å². The molecule has 4 nitrogen and oxygen atoms in total. The van der Waals surface area contributed by atoms with E-state index in [-0.39, 0.29) is 10.3 Å². The van der Waals surface area contributed by atoms with E-state index in [1.165, 1.54) is 31.4 Å². The topological polar surface area (TPSA) is 67.2 Å². The summed E-state index contributed by atoms with van der Waals surface area (Å²) in [4.78, 5) is 0.0947. The Labute approximate surface area is 150 Å². The highest BCUT2D eigenvalue weighted by Gasteiger charge is 2.40. The highest BCUT2D eigenvalue weighted by molar-refractivity contribution is 7.86. The van der Waals surface area contributed by atoms with Crippen LogP contribution in [0.4, 0.5) is 0 Å². The lowest BCUT2D eigenvalue weighted by Crippen LogP contribution is -2.35. The molecule has 25 heavy (non-hydrogen) atoms. The summed E-state index contributed by atoms with van der Waals surface area (Å²) < 4.78 is 30.3. The zero-order chi connectivity index (χ0) is 18.1. The van der Waals surface area contributed by atoms with Gasteiger partial charge < -0.3 is 0 Å². The largest absolute Gasteiger partial charge is 0.298 e. The maximum absolute atomic E-state index is 12.5. The van der Waals surface area contributed by atoms with Gasteiger partial charge in [0.05, 0.1) is 4.90 Å². The monoisotopic (exact) mass is 359 g/mol. The van der Waals surface area contributed by atoms with E-state index in [9.17, 15) is 13.7 Å². The smallest absolute Gasteiger partial charge is 0.243 e. The van der Waals surface area contributed by atoms with Crippen LogP contribution in [0.25, 0.3) is 0 Å². The Hall–Kier alpha value is -1.64. The lowest BCUT2D eigenvalue weighted by molar-refractivity contribution is 0.102. The fourth-order valence-corrected chi connectivity index (χ4v) is 5.09. The summed E-state index contributed by atoms with van der Waals surface area (Å²) in [6.07, 6.45) is 7.51. The number of fused-ring (bicyclic) bond motifs is 1. The Kier molecular flexibility index (Phi) is 5.04. The first-order valence-electron chi connectivity index (χ1n) is 8.92. The van der Waals surface area contributed by atoms with Crippen molar-refractivity contribution in [2.75, 3.05) is 0 Å². The van der Waals surface area contributed by atoms with Crippen molar-refractivity contribution in [2.24, 2.45) is 11.3 Å². The molecular formula is C20H25NO3S. The molecule has 3 atom stereocenters. The average Bonchev–Trinajstić information content (AvgIpc) is 2.59. The third-order valence-corrected chi connectivity index (χ3v) is 7.13. The predicted molar refractivity (Wildman–Crippen MR) is 96.2 cm³/mol. The summed E-state index contributed by atoms with van der Waals surface area (Å²) in [6.45, 7) is 4.21. The molecule has 3 rings (SSSR count). The third-order valence-electron chi connectivity index (χ3n) is 5.84. The predicted octanol–water partition coefficient (Wildman–Crippen LogP) is 4.51. The highest BCUT2D eigenvalue weighted by atomic mass is 32.2. The molecule has 2 aliphatic carbocycles. The Morgan fingerprint density at radius 2 is 2.00 bits per heavy atom. The van der Waals surface area contributed by atoms with Crippen LogP contribution < -0.4 is 0 Å². The quantitative estimate of drug-likeness (QED) is 0.586. The van der Waals surface area contributed by atoms with Gasteiger partial charge >= 0.3 is 0 Å². The molecule has 0 unspecified atom stereocenters. The maximum Gasteiger partial charge on any atom is 0.298 e. The van der Waals surface area contributed by atoms with E-state index in [0.29, 0.717) is 5.92 Å². The molecule has 0 amide bonds. The molecule has 0 aromatic heterocycles. The zero-order valence-corrected chi connectivity index (χ0v) is 15.7. The Bertz CT molecular complexity index is 804. The van der Waals surface area contributed by atoms with Crippen LogP contribution in [-0.2, 0) is 14.3 Å². The minimum absolute atomic E-state index is 0.0947. The van der Waals surface area contributed by atoms with Gasteiger partial charge in [-0.1, -0.05) is 43.5 Å². The lowest BCUT2D eigenvalue weighted by atomic mass is 9.61. The molecule has 0 bridgehead atoms. The fourth-order valence-electron chi connectivity index (χ4n) is 4.09. The molecule has 0 N–H and O–H groups in total. The number of hydrogen-bond acceptors (Lipinski definition) is 4. The van der Waals surface area contributed by atoms with Crippen LogP contribution in [0.15, 0.2) is 40.8 Å². The normalized spacial score (nSPS) is 27.7. The molecule has 5 heteroatoms. The van der Waals surface area contributed by atoms with E-state index in [1.54, 1.807) is 12.1 Å². The summed E-state index contributed by atoms with van der Waals surface area (Å²) in [5, 5.41) is 9.51. The first-order valence-corrected chi connectivity index (χ1v) is 10.3. The van der Waals surface area contributed by atoms with Crippen molar-refractivity contribution in [3.05, 3.63) is 41.5 Å². The van der Waals surface area contributed by atoms with Crippen LogP contribution in [0.3, 0.4) is 0 Å². The van der Waals surface area contributed by atoms with Gasteiger partial charge in [-0.05, 0) is 61.6 Å². The second kappa shape index (κ2) is 6.93. The molecule has 1 saturated carbocycles. The van der Waals surface area contributed by atoms with Crippen LogP contribution in [0.5, 0.6) is 0 Å². The van der Waals surface area contributed by atoms with Gasteiger partial charge in [-0.25, -0.2) is 4.18 Å². The summed E-state index contributed by atoms with van der Waals surface area (Å²) >= 11 is 0. The molecule has 0 heterocycles. The number of aryl methyl sites for hydroxylation is 1. The first kappa shape index (κ1) is 18.2. The molecule has 134 valence electrons. The zero-order valence-electron chi connectivity index (χ0n) is 14.9.